The second-order valence-corrected chi connectivity index (χ2v) is 11.9. The molecule has 0 aliphatic carbocycles. The molecule has 30 heavy (non-hydrogen) atoms. The van der Waals surface area contributed by atoms with Crippen LogP contribution in [0.4, 0.5) is 4.79 Å². The van der Waals surface area contributed by atoms with Crippen molar-refractivity contribution >= 4 is 50.4 Å². The average molecular weight is 474 g/mol. The zero-order chi connectivity index (χ0) is 22.1. The third kappa shape index (κ3) is 5.89. The maximum absolute atomic E-state index is 12.3. The maximum atomic E-state index is 12.3. The van der Waals surface area contributed by atoms with Crippen molar-refractivity contribution < 1.29 is 22.7 Å². The number of benzene rings is 1. The molecule has 2 atom stereocenters. The van der Waals surface area contributed by atoms with Crippen LogP contribution in [0.15, 0.2) is 29.3 Å². The van der Waals surface area contributed by atoms with Crippen LogP contribution in [0.5, 0.6) is 0 Å². The Hall–Kier alpha value is -1.78. The van der Waals surface area contributed by atoms with Crippen molar-refractivity contribution in [3.05, 3.63) is 34.9 Å². The van der Waals surface area contributed by atoms with Gasteiger partial charge in [0.2, 0.25) is 0 Å². The summed E-state index contributed by atoms with van der Waals surface area (Å²) in [5.74, 6) is -0.487. The number of rotatable bonds is 4. The molecule has 1 N–H and O–H groups in total. The monoisotopic (exact) mass is 473 g/mol. The lowest BCUT2D eigenvalue weighted by molar-refractivity contribution is -0.117. The second-order valence-electron chi connectivity index (χ2n) is 8.16. The molecule has 0 unspecified atom stereocenters. The number of thioether (sulfide) groups is 1. The zero-order valence-corrected chi connectivity index (χ0v) is 19.3. The Morgan fingerprint density at radius 2 is 2.00 bits per heavy atom. The Morgan fingerprint density at radius 1 is 1.30 bits per heavy atom. The maximum Gasteiger partial charge on any atom is 0.408 e. The normalized spacial score (nSPS) is 24.0. The molecule has 0 radical (unpaired) electrons. The number of ether oxygens (including phenoxy) is 1. The molecule has 2 heterocycles. The Morgan fingerprint density at radius 3 is 2.67 bits per heavy atom. The first-order chi connectivity index (χ1) is 13.9. The second kappa shape index (κ2) is 8.76. The van der Waals surface area contributed by atoms with Gasteiger partial charge < -0.3 is 15.0 Å². The number of hydrogen-bond donors (Lipinski definition) is 1. The summed E-state index contributed by atoms with van der Waals surface area (Å²) >= 11 is 7.55. The van der Waals surface area contributed by atoms with Crippen molar-refractivity contribution in [2.75, 3.05) is 18.1 Å². The van der Waals surface area contributed by atoms with Gasteiger partial charge >= 0.3 is 6.09 Å². The third-order valence-corrected chi connectivity index (χ3v) is 8.09. The number of nitrogens with one attached hydrogen (secondary N) is 1. The number of carbonyl (C=O) groups is 2. The van der Waals surface area contributed by atoms with E-state index in [1.54, 1.807) is 26.8 Å². The van der Waals surface area contributed by atoms with Crippen molar-refractivity contribution in [1.29, 1.82) is 0 Å². The molecule has 1 aromatic carbocycles. The molecule has 2 aliphatic rings. The van der Waals surface area contributed by atoms with E-state index in [-0.39, 0.29) is 29.3 Å². The van der Waals surface area contributed by atoms with Crippen molar-refractivity contribution in [2.45, 2.75) is 44.2 Å². The number of aliphatic imine (C=N–C) groups is 1. The van der Waals surface area contributed by atoms with Gasteiger partial charge in [0.1, 0.15) is 12.1 Å². The van der Waals surface area contributed by atoms with Crippen LogP contribution in [0, 0.1) is 0 Å². The van der Waals surface area contributed by atoms with Crippen molar-refractivity contribution in [3.8, 4) is 0 Å². The van der Waals surface area contributed by atoms with Gasteiger partial charge in [-0.2, -0.15) is 4.99 Å². The van der Waals surface area contributed by atoms with E-state index in [2.05, 4.69) is 10.3 Å². The molecule has 11 heteroatoms. The lowest BCUT2D eigenvalue weighted by Crippen LogP contribution is -2.38. The molecular weight excluding hydrogens is 450 g/mol. The van der Waals surface area contributed by atoms with Crippen LogP contribution in [0.3, 0.4) is 0 Å². The minimum Gasteiger partial charge on any atom is -0.444 e. The van der Waals surface area contributed by atoms with E-state index < -0.39 is 27.4 Å². The van der Waals surface area contributed by atoms with Gasteiger partial charge in [-0.1, -0.05) is 41.6 Å². The number of halogens is 1. The number of fused-ring (bicyclic) bond motifs is 1. The fourth-order valence-electron chi connectivity index (χ4n) is 3.24. The van der Waals surface area contributed by atoms with Crippen molar-refractivity contribution in [3.63, 3.8) is 0 Å². The molecule has 1 aromatic rings. The summed E-state index contributed by atoms with van der Waals surface area (Å²) < 4.78 is 29.3. The van der Waals surface area contributed by atoms with Gasteiger partial charge in [-0.3, -0.25) is 4.79 Å². The summed E-state index contributed by atoms with van der Waals surface area (Å²) in [6, 6.07) is 7.00. The molecule has 0 bridgehead atoms. The van der Waals surface area contributed by atoms with Crippen LogP contribution in [0.1, 0.15) is 26.3 Å². The number of amidine groups is 1. The van der Waals surface area contributed by atoms with Crippen molar-refractivity contribution in [1.82, 2.24) is 10.2 Å². The predicted molar refractivity (Wildman–Crippen MR) is 117 cm³/mol. The number of amides is 2. The Labute approximate surface area is 185 Å². The van der Waals surface area contributed by atoms with Gasteiger partial charge in [0.25, 0.3) is 5.91 Å². The van der Waals surface area contributed by atoms with Gasteiger partial charge in [0.05, 0.1) is 17.5 Å². The first-order valence-corrected chi connectivity index (χ1v) is 12.5. The number of sulfone groups is 1. The van der Waals surface area contributed by atoms with Gasteiger partial charge in [-0.15, -0.1) is 0 Å². The highest BCUT2D eigenvalue weighted by Gasteiger charge is 2.48. The van der Waals surface area contributed by atoms with Crippen LogP contribution >= 0.6 is 23.4 Å². The summed E-state index contributed by atoms with van der Waals surface area (Å²) in [5.41, 5.74) is 0.145. The van der Waals surface area contributed by atoms with E-state index in [4.69, 9.17) is 16.3 Å². The van der Waals surface area contributed by atoms with E-state index in [1.807, 2.05) is 23.1 Å². The van der Waals surface area contributed by atoms with Crippen LogP contribution in [0.25, 0.3) is 0 Å². The standard InChI is InChI=1S/C19H24ClN3O5S2/c1-19(2,3)28-18(25)21-8-16(24)22-17-23(9-12-6-4-5-7-13(12)20)14-10-30(26,27)11-15(14)29-17/h4-7,14-15H,8-11H2,1-3H3,(H,21,25)/t14-,15+/m1/s1. The first-order valence-electron chi connectivity index (χ1n) is 9.39. The van der Waals surface area contributed by atoms with Gasteiger partial charge in [-0.05, 0) is 32.4 Å². The number of hydrogen-bond acceptors (Lipinski definition) is 6. The molecule has 3 rings (SSSR count). The average Bonchev–Trinajstić information content (AvgIpc) is 3.06. The van der Waals surface area contributed by atoms with Gasteiger partial charge in [0, 0.05) is 16.8 Å². The fourth-order valence-corrected chi connectivity index (χ4v) is 7.40. The molecule has 8 nitrogen and oxygen atoms in total. The summed E-state index contributed by atoms with van der Waals surface area (Å²) in [7, 11) is -3.14. The molecular formula is C19H24ClN3O5S2. The lowest BCUT2D eigenvalue weighted by Gasteiger charge is -2.25. The fraction of sp³-hybridized carbons (Fsp3) is 0.526. The summed E-state index contributed by atoms with van der Waals surface area (Å²) in [6.45, 7) is 5.21. The smallest absolute Gasteiger partial charge is 0.408 e. The number of alkyl carbamates (subject to hydrolysis) is 1. The highest BCUT2D eigenvalue weighted by atomic mass is 35.5. The number of nitrogens with zero attached hydrogens (tertiary/aromatic N) is 2. The molecule has 0 spiro atoms. The van der Waals surface area contributed by atoms with Gasteiger partial charge in [-0.25, -0.2) is 13.2 Å². The minimum atomic E-state index is -3.14. The summed E-state index contributed by atoms with van der Waals surface area (Å²) in [6.07, 6.45) is -0.703. The van der Waals surface area contributed by atoms with Crippen molar-refractivity contribution in [2.24, 2.45) is 4.99 Å². The molecule has 2 fully saturated rings. The first kappa shape index (κ1) is 22.9. The van der Waals surface area contributed by atoms with E-state index in [9.17, 15) is 18.0 Å². The summed E-state index contributed by atoms with van der Waals surface area (Å²) in [4.78, 5) is 30.0. The molecule has 2 aliphatic heterocycles. The molecule has 164 valence electrons. The topological polar surface area (TPSA) is 105 Å². The van der Waals surface area contributed by atoms with Crippen LogP contribution in [0.2, 0.25) is 5.02 Å². The SMILES string of the molecule is CC(C)(C)OC(=O)NCC(=O)N=C1S[C@H]2CS(=O)(=O)C[C@H]2N1Cc1ccccc1Cl. The van der Waals surface area contributed by atoms with E-state index >= 15 is 0 Å². The van der Waals surface area contributed by atoms with Crippen LogP contribution in [-0.4, -0.2) is 65.4 Å². The van der Waals surface area contributed by atoms with Crippen LogP contribution < -0.4 is 5.32 Å². The van der Waals surface area contributed by atoms with Crippen LogP contribution in [-0.2, 0) is 25.9 Å². The van der Waals surface area contributed by atoms with Gasteiger partial charge in [0.15, 0.2) is 15.0 Å². The molecule has 0 aromatic heterocycles. The Bertz CT molecular complexity index is 975. The molecule has 2 amide bonds. The minimum absolute atomic E-state index is 0.0124. The Balaban J connectivity index is 1.74. The highest BCUT2D eigenvalue weighted by molar-refractivity contribution is 8.15. The Kier molecular flexibility index (Phi) is 6.69. The van der Waals surface area contributed by atoms with E-state index in [1.165, 1.54) is 11.8 Å². The quantitative estimate of drug-likeness (QED) is 0.716. The zero-order valence-electron chi connectivity index (χ0n) is 16.9. The molecule has 2 saturated heterocycles. The van der Waals surface area contributed by atoms with E-state index in [0.29, 0.717) is 16.7 Å². The lowest BCUT2D eigenvalue weighted by atomic mass is 10.1. The number of carbonyl (C=O) groups excluding carboxylic acids is 2. The van der Waals surface area contributed by atoms with E-state index in [0.717, 1.165) is 5.56 Å². The highest BCUT2D eigenvalue weighted by Crippen LogP contribution is 2.39. The summed E-state index contributed by atoms with van der Waals surface area (Å²) in [5, 5.41) is 3.20. The predicted octanol–water partition coefficient (Wildman–Crippen LogP) is 2.46. The largest absolute Gasteiger partial charge is 0.444 e. The third-order valence-electron chi connectivity index (χ3n) is 4.48. The molecule has 0 saturated carbocycles.